The first-order valence-corrected chi connectivity index (χ1v) is 5.26. The molecule has 1 heteroatoms. The Morgan fingerprint density at radius 1 is 0.875 bits per heavy atom. The summed E-state index contributed by atoms with van der Waals surface area (Å²) in [5.74, 6) is 0.881. The largest absolute Gasteiger partial charge is 0.496 e. The second-order valence-electron chi connectivity index (χ2n) is 3.49. The van der Waals surface area contributed by atoms with E-state index in [9.17, 15) is 0 Å². The first-order valence-electron chi connectivity index (χ1n) is 5.26. The molecule has 0 spiro atoms. The van der Waals surface area contributed by atoms with Crippen LogP contribution in [-0.4, -0.2) is 7.11 Å². The molecule has 1 nitrogen and oxygen atoms in total. The van der Waals surface area contributed by atoms with Crippen molar-refractivity contribution in [3.8, 4) is 0 Å². The SMILES string of the molecule is CO/C(=C\c1ccccc1)c1ccccc1. The Hall–Kier alpha value is -2.02. The minimum Gasteiger partial charge on any atom is -0.496 e. The van der Waals surface area contributed by atoms with Gasteiger partial charge in [-0.05, 0) is 11.6 Å². The summed E-state index contributed by atoms with van der Waals surface area (Å²) < 4.78 is 5.40. The lowest BCUT2D eigenvalue weighted by Crippen LogP contribution is -1.86. The molecule has 0 heterocycles. The quantitative estimate of drug-likeness (QED) is 0.552. The lowest BCUT2D eigenvalue weighted by molar-refractivity contribution is 0.372. The van der Waals surface area contributed by atoms with E-state index < -0.39 is 0 Å². The Kier molecular flexibility index (Phi) is 3.39. The van der Waals surface area contributed by atoms with Crippen molar-refractivity contribution < 1.29 is 4.74 Å². The van der Waals surface area contributed by atoms with Gasteiger partial charge >= 0.3 is 0 Å². The van der Waals surface area contributed by atoms with Crippen LogP contribution in [0.1, 0.15) is 11.1 Å². The van der Waals surface area contributed by atoms with Crippen molar-refractivity contribution >= 4 is 11.8 Å². The standard InChI is InChI=1S/C15H14O/c1-16-15(14-10-6-3-7-11-14)12-13-8-4-2-5-9-13/h2-12H,1H3/b15-12-. The van der Waals surface area contributed by atoms with Crippen LogP contribution in [0.3, 0.4) is 0 Å². The van der Waals surface area contributed by atoms with Gasteiger partial charge in [-0.3, -0.25) is 0 Å². The molecule has 0 fully saturated rings. The summed E-state index contributed by atoms with van der Waals surface area (Å²) in [6, 6.07) is 20.3. The maximum atomic E-state index is 5.40. The highest BCUT2D eigenvalue weighted by Crippen LogP contribution is 2.18. The van der Waals surface area contributed by atoms with E-state index in [1.807, 2.05) is 54.6 Å². The molecule has 2 aromatic rings. The number of hydrogen-bond donors (Lipinski definition) is 0. The molecule has 0 aliphatic heterocycles. The van der Waals surface area contributed by atoms with Crippen molar-refractivity contribution in [2.45, 2.75) is 0 Å². The van der Waals surface area contributed by atoms with Crippen LogP contribution in [0, 0.1) is 0 Å². The molecular weight excluding hydrogens is 196 g/mol. The normalized spacial score (nSPS) is 11.2. The van der Waals surface area contributed by atoms with E-state index in [0.29, 0.717) is 0 Å². The zero-order valence-electron chi connectivity index (χ0n) is 9.26. The third-order valence-electron chi connectivity index (χ3n) is 2.38. The van der Waals surface area contributed by atoms with Gasteiger partial charge in [0.05, 0.1) is 7.11 Å². The molecule has 2 rings (SSSR count). The van der Waals surface area contributed by atoms with E-state index in [0.717, 1.165) is 16.9 Å². The maximum Gasteiger partial charge on any atom is 0.126 e. The topological polar surface area (TPSA) is 9.23 Å². The molecule has 0 unspecified atom stereocenters. The summed E-state index contributed by atoms with van der Waals surface area (Å²) in [5, 5.41) is 0. The summed E-state index contributed by atoms with van der Waals surface area (Å²) in [7, 11) is 1.70. The van der Waals surface area contributed by atoms with E-state index in [-0.39, 0.29) is 0 Å². The van der Waals surface area contributed by atoms with Crippen molar-refractivity contribution in [2.24, 2.45) is 0 Å². The van der Waals surface area contributed by atoms with Crippen molar-refractivity contribution in [2.75, 3.05) is 7.11 Å². The summed E-state index contributed by atoms with van der Waals surface area (Å²) in [4.78, 5) is 0. The summed E-state index contributed by atoms with van der Waals surface area (Å²) >= 11 is 0. The zero-order chi connectivity index (χ0) is 11.2. The molecule has 0 saturated carbocycles. The fourth-order valence-electron chi connectivity index (χ4n) is 1.56. The van der Waals surface area contributed by atoms with E-state index in [1.54, 1.807) is 7.11 Å². The lowest BCUT2D eigenvalue weighted by atomic mass is 10.1. The number of hydrogen-bond acceptors (Lipinski definition) is 1. The average Bonchev–Trinajstić information content (AvgIpc) is 2.38. The molecule has 80 valence electrons. The molecule has 16 heavy (non-hydrogen) atoms. The van der Waals surface area contributed by atoms with Gasteiger partial charge in [-0.1, -0.05) is 60.7 Å². The van der Waals surface area contributed by atoms with Crippen molar-refractivity contribution in [3.63, 3.8) is 0 Å². The monoisotopic (exact) mass is 210 g/mol. The van der Waals surface area contributed by atoms with Gasteiger partial charge in [0, 0.05) is 5.56 Å². The molecule has 0 N–H and O–H groups in total. The van der Waals surface area contributed by atoms with Gasteiger partial charge < -0.3 is 4.74 Å². The van der Waals surface area contributed by atoms with Crippen molar-refractivity contribution in [1.82, 2.24) is 0 Å². The number of methoxy groups -OCH3 is 1. The Labute approximate surface area is 96.0 Å². The van der Waals surface area contributed by atoms with Gasteiger partial charge in [-0.15, -0.1) is 0 Å². The van der Waals surface area contributed by atoms with E-state index in [1.165, 1.54) is 0 Å². The molecule has 0 aromatic heterocycles. The molecule has 0 saturated heterocycles. The van der Waals surface area contributed by atoms with Gasteiger partial charge in [0.1, 0.15) is 5.76 Å². The fourth-order valence-corrected chi connectivity index (χ4v) is 1.56. The van der Waals surface area contributed by atoms with Gasteiger partial charge in [-0.25, -0.2) is 0 Å². The van der Waals surface area contributed by atoms with Crippen LogP contribution in [0.4, 0.5) is 0 Å². The molecule has 2 aromatic carbocycles. The van der Waals surface area contributed by atoms with Crippen LogP contribution >= 0.6 is 0 Å². The molecule has 0 aliphatic rings. The smallest absolute Gasteiger partial charge is 0.126 e. The minimum absolute atomic E-state index is 0.881. The van der Waals surface area contributed by atoms with Crippen LogP contribution < -0.4 is 0 Å². The van der Waals surface area contributed by atoms with Crippen LogP contribution in [0.2, 0.25) is 0 Å². The van der Waals surface area contributed by atoms with E-state index in [4.69, 9.17) is 4.74 Å². The predicted molar refractivity (Wildman–Crippen MR) is 67.8 cm³/mol. The molecule has 0 atom stereocenters. The van der Waals surface area contributed by atoms with Gasteiger partial charge in [-0.2, -0.15) is 0 Å². The highest BCUT2D eigenvalue weighted by atomic mass is 16.5. The summed E-state index contributed by atoms with van der Waals surface area (Å²) in [5.41, 5.74) is 2.23. The van der Waals surface area contributed by atoms with Crippen molar-refractivity contribution in [1.29, 1.82) is 0 Å². The first kappa shape index (κ1) is 10.5. The number of rotatable bonds is 3. The highest BCUT2D eigenvalue weighted by Gasteiger charge is 1.99. The molecule has 0 aliphatic carbocycles. The second-order valence-corrected chi connectivity index (χ2v) is 3.49. The number of benzene rings is 2. The molecule has 0 bridgehead atoms. The third kappa shape index (κ3) is 2.51. The van der Waals surface area contributed by atoms with Crippen LogP contribution in [0.5, 0.6) is 0 Å². The Bertz CT molecular complexity index is 457. The Morgan fingerprint density at radius 3 is 2.00 bits per heavy atom. The summed E-state index contributed by atoms with van der Waals surface area (Å²) in [6.45, 7) is 0. The zero-order valence-corrected chi connectivity index (χ0v) is 9.26. The minimum atomic E-state index is 0.881. The highest BCUT2D eigenvalue weighted by molar-refractivity contribution is 5.77. The maximum absolute atomic E-state index is 5.40. The summed E-state index contributed by atoms with van der Waals surface area (Å²) in [6.07, 6.45) is 2.04. The average molecular weight is 210 g/mol. The van der Waals surface area contributed by atoms with Crippen molar-refractivity contribution in [3.05, 3.63) is 71.8 Å². The second kappa shape index (κ2) is 5.17. The first-order chi connectivity index (χ1) is 7.90. The third-order valence-corrected chi connectivity index (χ3v) is 2.38. The van der Waals surface area contributed by atoms with Crippen LogP contribution in [-0.2, 0) is 4.74 Å². The number of ether oxygens (including phenoxy) is 1. The Balaban J connectivity index is 2.34. The van der Waals surface area contributed by atoms with Crippen LogP contribution in [0.25, 0.3) is 11.8 Å². The van der Waals surface area contributed by atoms with Crippen LogP contribution in [0.15, 0.2) is 60.7 Å². The Morgan fingerprint density at radius 2 is 1.44 bits per heavy atom. The molecule has 0 radical (unpaired) electrons. The van der Waals surface area contributed by atoms with E-state index >= 15 is 0 Å². The lowest BCUT2D eigenvalue weighted by Gasteiger charge is -2.06. The van der Waals surface area contributed by atoms with Gasteiger partial charge in [0.25, 0.3) is 0 Å². The molecule has 0 amide bonds. The van der Waals surface area contributed by atoms with Gasteiger partial charge in [0.2, 0.25) is 0 Å². The van der Waals surface area contributed by atoms with Gasteiger partial charge in [0.15, 0.2) is 0 Å². The van der Waals surface area contributed by atoms with E-state index in [2.05, 4.69) is 12.1 Å². The fraction of sp³-hybridized carbons (Fsp3) is 0.0667. The molecular formula is C15H14O. The predicted octanol–water partition coefficient (Wildman–Crippen LogP) is 3.83.